The Morgan fingerprint density at radius 3 is 0.718 bits per heavy atom. The van der Waals surface area contributed by atoms with Gasteiger partial charge in [-0.05, 0) is 33.0 Å². The van der Waals surface area contributed by atoms with Crippen molar-refractivity contribution in [3.63, 3.8) is 0 Å². The fourth-order valence-electron chi connectivity index (χ4n) is 5.26. The Hall–Kier alpha value is -0.170. The second-order valence-electron chi connectivity index (χ2n) is 11.9. The predicted molar refractivity (Wildman–Crippen MR) is 172 cm³/mol. The Morgan fingerprint density at radius 2 is 0.538 bits per heavy atom. The molecule has 0 fully saturated rings. The van der Waals surface area contributed by atoms with E-state index in [-0.39, 0.29) is 0 Å². The van der Waals surface area contributed by atoms with Crippen molar-refractivity contribution >= 4 is 10.4 Å². The third-order valence-corrected chi connectivity index (χ3v) is 7.79. The van der Waals surface area contributed by atoms with Gasteiger partial charge in [0.25, 0.3) is 0 Å². The van der Waals surface area contributed by atoms with Crippen LogP contribution in [-0.2, 0) is 10.4 Å². The zero-order valence-corrected chi connectivity index (χ0v) is 27.6. The molecule has 0 aliphatic heterocycles. The van der Waals surface area contributed by atoms with E-state index in [2.05, 4.69) is 25.8 Å². The van der Waals surface area contributed by atoms with E-state index in [0.717, 1.165) is 0 Å². The lowest BCUT2D eigenvalue weighted by Gasteiger charge is -2.16. The van der Waals surface area contributed by atoms with Crippen molar-refractivity contribution in [1.82, 2.24) is 4.90 Å². The summed E-state index contributed by atoms with van der Waals surface area (Å²) in [5.41, 5.74) is 0. The van der Waals surface area contributed by atoms with E-state index in [9.17, 15) is 0 Å². The van der Waals surface area contributed by atoms with Crippen LogP contribution in [0.15, 0.2) is 0 Å². The van der Waals surface area contributed by atoms with E-state index in [4.69, 9.17) is 17.5 Å². The standard InChI is InChI=1S/C33H69N.H2O4S/c1-4-6-8-10-12-14-16-18-20-22-24-26-28-30-32-34(3)33-31-29-27-25-23-21-19-17-15-13-11-9-7-5-2;1-5(2,3)4/h4-33H2,1-3H3;(H2,1,2,3,4). The maximum Gasteiger partial charge on any atom is 0.394 e. The lowest BCUT2D eigenvalue weighted by atomic mass is 10.0. The molecule has 0 aliphatic rings. The van der Waals surface area contributed by atoms with E-state index in [0.29, 0.717) is 0 Å². The van der Waals surface area contributed by atoms with Crippen LogP contribution in [0, 0.1) is 0 Å². The van der Waals surface area contributed by atoms with Gasteiger partial charge in [-0.1, -0.05) is 181 Å². The van der Waals surface area contributed by atoms with Crippen molar-refractivity contribution in [2.75, 3.05) is 20.1 Å². The summed E-state index contributed by atoms with van der Waals surface area (Å²) >= 11 is 0. The first-order valence-electron chi connectivity index (χ1n) is 17.2. The van der Waals surface area contributed by atoms with E-state index in [1.807, 2.05) is 0 Å². The minimum absolute atomic E-state index is 1.32. The van der Waals surface area contributed by atoms with E-state index in [1.54, 1.807) is 0 Å². The highest BCUT2D eigenvalue weighted by Crippen LogP contribution is 2.14. The van der Waals surface area contributed by atoms with Gasteiger partial charge in [-0.25, -0.2) is 0 Å². The van der Waals surface area contributed by atoms with Crippen LogP contribution in [0.25, 0.3) is 0 Å². The molecular formula is C33H71NO4S. The Labute approximate surface area is 246 Å². The molecule has 2 N–H and O–H groups in total. The van der Waals surface area contributed by atoms with Crippen molar-refractivity contribution in [2.24, 2.45) is 0 Å². The largest absolute Gasteiger partial charge is 0.394 e. The fraction of sp³-hybridized carbons (Fsp3) is 1.00. The number of unbranched alkanes of at least 4 members (excludes halogenated alkanes) is 26. The van der Waals surface area contributed by atoms with E-state index < -0.39 is 10.4 Å². The quantitative estimate of drug-likeness (QED) is 0.0655. The lowest BCUT2D eigenvalue weighted by molar-refractivity contribution is 0.314. The predicted octanol–water partition coefficient (Wildman–Crippen LogP) is 11.2. The van der Waals surface area contributed by atoms with E-state index >= 15 is 0 Å². The van der Waals surface area contributed by atoms with Crippen molar-refractivity contribution in [2.45, 2.75) is 194 Å². The summed E-state index contributed by atoms with van der Waals surface area (Å²) in [6.07, 6.45) is 40.8. The normalized spacial score (nSPS) is 11.6. The van der Waals surface area contributed by atoms with Gasteiger partial charge in [-0.3, -0.25) is 9.11 Å². The van der Waals surface area contributed by atoms with Gasteiger partial charge in [0.05, 0.1) is 0 Å². The number of hydrogen-bond acceptors (Lipinski definition) is 3. The lowest BCUT2D eigenvalue weighted by Crippen LogP contribution is -2.20. The monoisotopic (exact) mass is 578 g/mol. The molecule has 0 amide bonds. The Kier molecular flexibility index (Phi) is 35.8. The van der Waals surface area contributed by atoms with Gasteiger partial charge in [-0.15, -0.1) is 0 Å². The molecule has 0 aromatic rings. The van der Waals surface area contributed by atoms with Gasteiger partial charge < -0.3 is 4.90 Å². The molecule has 0 spiro atoms. The van der Waals surface area contributed by atoms with Gasteiger partial charge in [0.1, 0.15) is 0 Å². The summed E-state index contributed by atoms with van der Waals surface area (Å²) < 4.78 is 31.6. The molecule has 238 valence electrons. The van der Waals surface area contributed by atoms with Crippen LogP contribution in [0.1, 0.15) is 194 Å². The molecule has 0 radical (unpaired) electrons. The fourth-order valence-corrected chi connectivity index (χ4v) is 5.26. The van der Waals surface area contributed by atoms with Crippen molar-refractivity contribution in [1.29, 1.82) is 0 Å². The molecule has 0 aliphatic carbocycles. The highest BCUT2D eigenvalue weighted by atomic mass is 32.3. The van der Waals surface area contributed by atoms with Gasteiger partial charge in [0.15, 0.2) is 0 Å². The molecule has 6 heteroatoms. The summed E-state index contributed by atoms with van der Waals surface area (Å²) in [4.78, 5) is 2.58. The minimum Gasteiger partial charge on any atom is -0.306 e. The Bertz CT molecular complexity index is 502. The number of rotatable bonds is 30. The first-order valence-corrected chi connectivity index (χ1v) is 18.6. The summed E-state index contributed by atoms with van der Waals surface area (Å²) in [7, 11) is -2.33. The van der Waals surface area contributed by atoms with Crippen LogP contribution in [0.3, 0.4) is 0 Å². The molecule has 0 rings (SSSR count). The van der Waals surface area contributed by atoms with Crippen LogP contribution in [0.2, 0.25) is 0 Å². The second kappa shape index (κ2) is 34.0. The zero-order chi connectivity index (χ0) is 29.3. The molecular weight excluding hydrogens is 506 g/mol. The van der Waals surface area contributed by atoms with Gasteiger partial charge >= 0.3 is 10.4 Å². The first-order chi connectivity index (χ1) is 18.8. The van der Waals surface area contributed by atoms with Crippen LogP contribution in [-0.4, -0.2) is 42.6 Å². The molecule has 0 saturated heterocycles. The van der Waals surface area contributed by atoms with Crippen molar-refractivity contribution in [3.05, 3.63) is 0 Å². The van der Waals surface area contributed by atoms with E-state index in [1.165, 1.54) is 193 Å². The number of nitrogens with zero attached hydrogens (tertiary/aromatic N) is 1. The maximum atomic E-state index is 8.74. The Balaban J connectivity index is 0. The zero-order valence-electron chi connectivity index (χ0n) is 26.8. The summed E-state index contributed by atoms with van der Waals surface area (Å²) in [5.74, 6) is 0. The highest BCUT2D eigenvalue weighted by Gasteiger charge is 2.00. The van der Waals surface area contributed by atoms with Crippen LogP contribution < -0.4 is 0 Å². The Morgan fingerprint density at radius 1 is 0.385 bits per heavy atom. The average Bonchev–Trinajstić information content (AvgIpc) is 2.88. The molecule has 0 aromatic heterocycles. The second-order valence-corrected chi connectivity index (χ2v) is 12.8. The third-order valence-electron chi connectivity index (χ3n) is 7.79. The van der Waals surface area contributed by atoms with Crippen molar-refractivity contribution < 1.29 is 17.5 Å². The third kappa shape index (κ3) is 47.9. The van der Waals surface area contributed by atoms with Crippen LogP contribution in [0.5, 0.6) is 0 Å². The van der Waals surface area contributed by atoms with Gasteiger partial charge in [-0.2, -0.15) is 8.42 Å². The van der Waals surface area contributed by atoms with Gasteiger partial charge in [0, 0.05) is 0 Å². The molecule has 0 aromatic carbocycles. The molecule has 39 heavy (non-hydrogen) atoms. The highest BCUT2D eigenvalue weighted by molar-refractivity contribution is 7.79. The molecule has 5 nitrogen and oxygen atoms in total. The first kappa shape index (κ1) is 41.0. The number of hydrogen-bond donors (Lipinski definition) is 2. The molecule has 0 unspecified atom stereocenters. The SMILES string of the molecule is CCCCCCCCCCCCCCCCN(C)CCCCCCCCCCCCCCCC.O=S(=O)(O)O. The van der Waals surface area contributed by atoms with Crippen LogP contribution >= 0.6 is 0 Å². The average molecular weight is 578 g/mol. The molecule has 0 atom stereocenters. The maximum absolute atomic E-state index is 8.74. The molecule has 0 saturated carbocycles. The summed E-state index contributed by atoms with van der Waals surface area (Å²) in [6.45, 7) is 7.24. The summed E-state index contributed by atoms with van der Waals surface area (Å²) in [5, 5.41) is 0. The molecule has 0 heterocycles. The van der Waals surface area contributed by atoms with Gasteiger partial charge in [0.2, 0.25) is 0 Å². The minimum atomic E-state index is -4.67. The topological polar surface area (TPSA) is 77.8 Å². The summed E-state index contributed by atoms with van der Waals surface area (Å²) in [6, 6.07) is 0. The van der Waals surface area contributed by atoms with Crippen LogP contribution in [0.4, 0.5) is 0 Å². The van der Waals surface area contributed by atoms with Crippen molar-refractivity contribution in [3.8, 4) is 0 Å². The smallest absolute Gasteiger partial charge is 0.306 e. The molecule has 0 bridgehead atoms.